The fourth-order valence-corrected chi connectivity index (χ4v) is 1.46. The van der Waals surface area contributed by atoms with E-state index in [4.69, 9.17) is 0 Å². The predicted molar refractivity (Wildman–Crippen MR) is 61.9 cm³/mol. The molecule has 15 heavy (non-hydrogen) atoms. The summed E-state index contributed by atoms with van der Waals surface area (Å²) in [4.78, 5) is 15.4. The number of ketones is 1. The highest BCUT2D eigenvalue weighted by Gasteiger charge is 1.99. The molecule has 0 aliphatic carbocycles. The Kier molecular flexibility index (Phi) is 5.02. The predicted octanol–water partition coefficient (Wildman–Crippen LogP) is 2.95. The van der Waals surface area contributed by atoms with E-state index in [0.29, 0.717) is 18.6 Å². The summed E-state index contributed by atoms with van der Waals surface area (Å²) in [7, 11) is 0. The molecule has 1 aromatic rings. The number of hydrogen-bond acceptors (Lipinski definition) is 2. The molecule has 0 saturated heterocycles. The molecule has 1 heterocycles. The van der Waals surface area contributed by atoms with Gasteiger partial charge in [0.05, 0.1) is 0 Å². The van der Waals surface area contributed by atoms with E-state index >= 15 is 0 Å². The van der Waals surface area contributed by atoms with Gasteiger partial charge in [-0.15, -0.1) is 0 Å². The molecule has 0 N–H and O–H groups in total. The van der Waals surface area contributed by atoms with Gasteiger partial charge in [-0.3, -0.25) is 9.78 Å². The number of nitrogens with zero attached hydrogens (tertiary/aromatic N) is 1. The van der Waals surface area contributed by atoms with Crippen LogP contribution >= 0.6 is 0 Å². The molecule has 0 unspecified atom stereocenters. The molecule has 0 bridgehead atoms. The van der Waals surface area contributed by atoms with E-state index in [1.165, 1.54) is 5.56 Å². The zero-order chi connectivity index (χ0) is 11.1. The second-order valence-electron chi connectivity index (χ2n) is 3.76. The molecule has 0 radical (unpaired) electrons. The minimum atomic E-state index is 0.347. The van der Waals surface area contributed by atoms with Crippen molar-refractivity contribution < 1.29 is 4.79 Å². The first-order valence-corrected chi connectivity index (χ1v) is 5.71. The van der Waals surface area contributed by atoms with Crippen LogP contribution in [-0.4, -0.2) is 10.8 Å². The Morgan fingerprint density at radius 1 is 1.33 bits per heavy atom. The third-order valence-electron chi connectivity index (χ3n) is 2.58. The highest BCUT2D eigenvalue weighted by Crippen LogP contribution is 2.05. The zero-order valence-electron chi connectivity index (χ0n) is 9.62. The van der Waals surface area contributed by atoms with Gasteiger partial charge in [-0.1, -0.05) is 19.9 Å². The van der Waals surface area contributed by atoms with Crippen molar-refractivity contribution >= 4 is 5.78 Å². The van der Waals surface area contributed by atoms with Crippen LogP contribution in [0.5, 0.6) is 0 Å². The second-order valence-corrected chi connectivity index (χ2v) is 3.76. The Hall–Kier alpha value is -1.18. The zero-order valence-corrected chi connectivity index (χ0v) is 9.62. The molecule has 0 aliphatic heterocycles. The molecule has 2 nitrogen and oxygen atoms in total. The van der Waals surface area contributed by atoms with Gasteiger partial charge < -0.3 is 0 Å². The van der Waals surface area contributed by atoms with Gasteiger partial charge in [-0.2, -0.15) is 0 Å². The summed E-state index contributed by atoms with van der Waals surface area (Å²) in [6, 6.07) is 4.18. The van der Waals surface area contributed by atoms with E-state index in [0.717, 1.165) is 25.0 Å². The van der Waals surface area contributed by atoms with Crippen LogP contribution in [0.15, 0.2) is 18.3 Å². The van der Waals surface area contributed by atoms with Crippen LogP contribution in [0.2, 0.25) is 0 Å². The number of aryl methyl sites for hydroxylation is 2. The van der Waals surface area contributed by atoms with E-state index in [1.54, 1.807) is 0 Å². The van der Waals surface area contributed by atoms with Gasteiger partial charge in [0.15, 0.2) is 0 Å². The van der Waals surface area contributed by atoms with Crippen molar-refractivity contribution in [2.24, 2.45) is 0 Å². The van der Waals surface area contributed by atoms with E-state index in [1.807, 2.05) is 13.1 Å². The number of aromatic nitrogens is 1. The first-order valence-electron chi connectivity index (χ1n) is 5.71. The first kappa shape index (κ1) is 11.9. The van der Waals surface area contributed by atoms with Crippen LogP contribution in [0.3, 0.4) is 0 Å². The summed E-state index contributed by atoms with van der Waals surface area (Å²) in [5.41, 5.74) is 2.36. The van der Waals surface area contributed by atoms with E-state index < -0.39 is 0 Å². The molecule has 0 saturated carbocycles. The number of pyridine rings is 1. The minimum Gasteiger partial charge on any atom is -0.300 e. The molecule has 0 atom stereocenters. The maximum Gasteiger partial charge on any atom is 0.132 e. The van der Waals surface area contributed by atoms with Crippen LogP contribution < -0.4 is 0 Å². The van der Waals surface area contributed by atoms with E-state index in [2.05, 4.69) is 24.0 Å². The monoisotopic (exact) mass is 205 g/mol. The lowest BCUT2D eigenvalue weighted by atomic mass is 10.1. The third-order valence-corrected chi connectivity index (χ3v) is 2.58. The largest absolute Gasteiger partial charge is 0.300 e. The first-order chi connectivity index (χ1) is 7.26. The van der Waals surface area contributed by atoms with Crippen molar-refractivity contribution in [1.29, 1.82) is 0 Å². The molecule has 1 aromatic heterocycles. The van der Waals surface area contributed by atoms with Crippen LogP contribution in [-0.2, 0) is 17.6 Å². The SMILES string of the molecule is CCC(=O)CCCc1ccc(CC)cn1. The summed E-state index contributed by atoms with van der Waals surface area (Å²) < 4.78 is 0. The summed E-state index contributed by atoms with van der Waals surface area (Å²) in [5, 5.41) is 0. The average molecular weight is 205 g/mol. The number of hydrogen-bond donors (Lipinski definition) is 0. The molecular formula is C13H19NO. The average Bonchev–Trinajstić information content (AvgIpc) is 2.29. The highest BCUT2D eigenvalue weighted by atomic mass is 16.1. The highest BCUT2D eigenvalue weighted by molar-refractivity contribution is 5.77. The molecule has 0 fully saturated rings. The van der Waals surface area contributed by atoms with E-state index in [9.17, 15) is 4.79 Å². The van der Waals surface area contributed by atoms with Crippen molar-refractivity contribution in [3.63, 3.8) is 0 Å². The molecule has 0 aliphatic rings. The van der Waals surface area contributed by atoms with Crippen LogP contribution in [0.1, 0.15) is 44.4 Å². The standard InChI is InChI=1S/C13H19NO/c1-3-11-8-9-12(14-10-11)6-5-7-13(15)4-2/h8-10H,3-7H2,1-2H3. The topological polar surface area (TPSA) is 30.0 Å². The van der Waals surface area contributed by atoms with E-state index in [-0.39, 0.29) is 0 Å². The molecule has 1 rings (SSSR count). The molecule has 82 valence electrons. The van der Waals surface area contributed by atoms with Gasteiger partial charge in [0.2, 0.25) is 0 Å². The molecule has 0 amide bonds. The Balaban J connectivity index is 2.34. The van der Waals surface area contributed by atoms with Crippen LogP contribution in [0.25, 0.3) is 0 Å². The summed E-state index contributed by atoms with van der Waals surface area (Å²) in [6.45, 7) is 4.03. The lowest BCUT2D eigenvalue weighted by Gasteiger charge is -2.01. The van der Waals surface area contributed by atoms with Crippen molar-refractivity contribution in [2.75, 3.05) is 0 Å². The Bertz CT molecular complexity index is 303. The summed E-state index contributed by atoms with van der Waals surface area (Å²) in [5.74, 6) is 0.347. The lowest BCUT2D eigenvalue weighted by molar-refractivity contribution is -0.118. The Morgan fingerprint density at radius 2 is 2.13 bits per heavy atom. The summed E-state index contributed by atoms with van der Waals surface area (Å²) >= 11 is 0. The van der Waals surface area contributed by atoms with Gasteiger partial charge in [-0.05, 0) is 30.9 Å². The van der Waals surface area contributed by atoms with Gasteiger partial charge in [0.1, 0.15) is 5.78 Å². The Morgan fingerprint density at radius 3 is 2.67 bits per heavy atom. The fourth-order valence-electron chi connectivity index (χ4n) is 1.46. The number of Topliss-reactive ketones (excluding diaryl/α,β-unsaturated/α-hetero) is 1. The molecule has 0 aromatic carbocycles. The van der Waals surface area contributed by atoms with Crippen molar-refractivity contribution in [1.82, 2.24) is 4.98 Å². The van der Waals surface area contributed by atoms with Gasteiger partial charge in [0.25, 0.3) is 0 Å². The number of carbonyl (C=O) groups is 1. The summed E-state index contributed by atoms with van der Waals surface area (Å²) in [6.07, 6.45) is 6.13. The quantitative estimate of drug-likeness (QED) is 0.714. The van der Waals surface area contributed by atoms with Crippen molar-refractivity contribution in [3.8, 4) is 0 Å². The second kappa shape index (κ2) is 6.33. The van der Waals surface area contributed by atoms with Gasteiger partial charge in [0, 0.05) is 24.7 Å². The fraction of sp³-hybridized carbons (Fsp3) is 0.538. The number of rotatable bonds is 6. The normalized spacial score (nSPS) is 10.3. The maximum atomic E-state index is 11.1. The maximum absolute atomic E-state index is 11.1. The third kappa shape index (κ3) is 4.24. The Labute approximate surface area is 91.7 Å². The molecule has 2 heteroatoms. The lowest BCUT2D eigenvalue weighted by Crippen LogP contribution is -1.97. The van der Waals surface area contributed by atoms with Crippen molar-refractivity contribution in [3.05, 3.63) is 29.6 Å². The minimum absolute atomic E-state index is 0.347. The smallest absolute Gasteiger partial charge is 0.132 e. The molecule has 0 spiro atoms. The number of carbonyl (C=O) groups excluding carboxylic acids is 1. The van der Waals surface area contributed by atoms with Crippen LogP contribution in [0, 0.1) is 0 Å². The van der Waals surface area contributed by atoms with Crippen molar-refractivity contribution in [2.45, 2.75) is 46.0 Å². The van der Waals surface area contributed by atoms with Gasteiger partial charge in [-0.25, -0.2) is 0 Å². The van der Waals surface area contributed by atoms with Crippen LogP contribution in [0.4, 0.5) is 0 Å². The molecular weight excluding hydrogens is 186 g/mol. The van der Waals surface area contributed by atoms with Gasteiger partial charge >= 0.3 is 0 Å².